The predicted molar refractivity (Wildman–Crippen MR) is 57.0 cm³/mol. The first-order valence-electron chi connectivity index (χ1n) is 5.06. The van der Waals surface area contributed by atoms with Gasteiger partial charge in [0.15, 0.2) is 0 Å². The van der Waals surface area contributed by atoms with Gasteiger partial charge in [0.2, 0.25) is 0 Å². The molecule has 1 heterocycles. The summed E-state index contributed by atoms with van der Waals surface area (Å²) in [6.07, 6.45) is 0. The summed E-state index contributed by atoms with van der Waals surface area (Å²) in [4.78, 5) is 0. The minimum Gasteiger partial charge on any atom is -0.497 e. The Labute approximate surface area is 90.0 Å². The Morgan fingerprint density at radius 1 is 1.33 bits per heavy atom. The molecule has 1 aromatic rings. The summed E-state index contributed by atoms with van der Waals surface area (Å²) in [6, 6.07) is 7.89. The monoisotopic (exact) mass is 208 g/mol. The first kappa shape index (κ1) is 10.5. The van der Waals surface area contributed by atoms with Crippen LogP contribution in [-0.4, -0.2) is 25.9 Å². The molecule has 15 heavy (non-hydrogen) atoms. The molecule has 0 bridgehead atoms. The van der Waals surface area contributed by atoms with Crippen LogP contribution in [0.2, 0.25) is 0 Å². The first-order valence-corrected chi connectivity index (χ1v) is 5.06. The number of hydrogen-bond acceptors (Lipinski definition) is 3. The summed E-state index contributed by atoms with van der Waals surface area (Å²) >= 11 is 0. The molecule has 0 amide bonds. The van der Waals surface area contributed by atoms with Crippen molar-refractivity contribution < 1.29 is 14.2 Å². The molecule has 0 aliphatic carbocycles. The van der Waals surface area contributed by atoms with Crippen LogP contribution in [0.25, 0.3) is 0 Å². The molecule has 0 saturated carbocycles. The molecule has 2 rings (SSSR count). The van der Waals surface area contributed by atoms with Crippen LogP contribution in [0.5, 0.6) is 5.75 Å². The summed E-state index contributed by atoms with van der Waals surface area (Å²) in [6.45, 7) is 4.17. The summed E-state index contributed by atoms with van der Waals surface area (Å²) in [5.41, 5.74) is 1.13. The molecule has 0 aromatic heterocycles. The maximum Gasteiger partial charge on any atom is 0.118 e. The van der Waals surface area contributed by atoms with Gasteiger partial charge in [0.05, 0.1) is 26.9 Å². The number of hydrogen-bond donors (Lipinski definition) is 0. The zero-order valence-electron chi connectivity index (χ0n) is 9.16. The SMILES string of the molecule is COc1ccc(COCC2(C)CO2)cc1. The van der Waals surface area contributed by atoms with E-state index in [9.17, 15) is 0 Å². The summed E-state index contributed by atoms with van der Waals surface area (Å²) < 4.78 is 15.9. The van der Waals surface area contributed by atoms with Crippen molar-refractivity contribution in [3.63, 3.8) is 0 Å². The van der Waals surface area contributed by atoms with Gasteiger partial charge in [0.25, 0.3) is 0 Å². The van der Waals surface area contributed by atoms with Crippen LogP contribution in [0.1, 0.15) is 12.5 Å². The quantitative estimate of drug-likeness (QED) is 0.693. The Bertz CT molecular complexity index is 314. The topological polar surface area (TPSA) is 31.0 Å². The highest BCUT2D eigenvalue weighted by Gasteiger charge is 2.39. The zero-order chi connectivity index (χ0) is 10.7. The van der Waals surface area contributed by atoms with Crippen molar-refractivity contribution in [2.75, 3.05) is 20.3 Å². The normalized spacial score (nSPS) is 23.9. The molecule has 1 aromatic carbocycles. The van der Waals surface area contributed by atoms with E-state index in [1.54, 1.807) is 7.11 Å². The first-order chi connectivity index (χ1) is 7.22. The Morgan fingerprint density at radius 2 is 2.00 bits per heavy atom. The van der Waals surface area contributed by atoms with Gasteiger partial charge in [-0.15, -0.1) is 0 Å². The second-order valence-electron chi connectivity index (χ2n) is 4.08. The highest BCUT2D eigenvalue weighted by molar-refractivity contribution is 5.26. The highest BCUT2D eigenvalue weighted by Crippen LogP contribution is 2.26. The second-order valence-corrected chi connectivity index (χ2v) is 4.08. The number of epoxide rings is 1. The maximum atomic E-state index is 5.55. The van der Waals surface area contributed by atoms with E-state index in [0.717, 1.165) is 17.9 Å². The third kappa shape index (κ3) is 2.94. The fraction of sp³-hybridized carbons (Fsp3) is 0.500. The van der Waals surface area contributed by atoms with Gasteiger partial charge in [-0.1, -0.05) is 12.1 Å². The lowest BCUT2D eigenvalue weighted by molar-refractivity contribution is 0.0742. The molecule has 0 radical (unpaired) electrons. The van der Waals surface area contributed by atoms with Crippen molar-refractivity contribution >= 4 is 0 Å². The van der Waals surface area contributed by atoms with Gasteiger partial charge >= 0.3 is 0 Å². The molecule has 0 spiro atoms. The second kappa shape index (κ2) is 4.21. The minimum atomic E-state index is -0.0214. The molecule has 0 N–H and O–H groups in total. The average Bonchev–Trinajstić information content (AvgIpc) is 2.98. The van der Waals surface area contributed by atoms with Crippen LogP contribution >= 0.6 is 0 Å². The number of rotatable bonds is 5. The van der Waals surface area contributed by atoms with Crippen molar-refractivity contribution in [2.45, 2.75) is 19.1 Å². The van der Waals surface area contributed by atoms with Gasteiger partial charge in [0, 0.05) is 0 Å². The highest BCUT2D eigenvalue weighted by atomic mass is 16.6. The van der Waals surface area contributed by atoms with Crippen LogP contribution in [-0.2, 0) is 16.1 Å². The van der Waals surface area contributed by atoms with Gasteiger partial charge in [-0.25, -0.2) is 0 Å². The smallest absolute Gasteiger partial charge is 0.118 e. The molecule has 3 nitrogen and oxygen atoms in total. The molecule has 82 valence electrons. The average molecular weight is 208 g/mol. The fourth-order valence-corrected chi connectivity index (χ4v) is 1.31. The molecule has 1 aliphatic rings. The summed E-state index contributed by atoms with van der Waals surface area (Å²) in [5.74, 6) is 0.872. The van der Waals surface area contributed by atoms with Gasteiger partial charge in [-0.3, -0.25) is 0 Å². The van der Waals surface area contributed by atoms with Crippen LogP contribution in [0.4, 0.5) is 0 Å². The molecular formula is C12H16O3. The molecule has 1 unspecified atom stereocenters. The Morgan fingerprint density at radius 3 is 2.53 bits per heavy atom. The molecular weight excluding hydrogens is 192 g/mol. The van der Waals surface area contributed by atoms with Crippen molar-refractivity contribution in [2.24, 2.45) is 0 Å². The standard InChI is InChI=1S/C12H16O3/c1-12(9-15-12)8-14-7-10-3-5-11(13-2)6-4-10/h3-6H,7-9H2,1-2H3. The third-order valence-electron chi connectivity index (χ3n) is 2.47. The van der Waals surface area contributed by atoms with E-state index in [0.29, 0.717) is 13.2 Å². The summed E-state index contributed by atoms with van der Waals surface area (Å²) in [5, 5.41) is 0. The van der Waals surface area contributed by atoms with Gasteiger partial charge in [-0.2, -0.15) is 0 Å². The zero-order valence-corrected chi connectivity index (χ0v) is 9.16. The van der Waals surface area contributed by atoms with E-state index in [1.165, 1.54) is 0 Å². The van der Waals surface area contributed by atoms with Crippen LogP contribution in [0.15, 0.2) is 24.3 Å². The van der Waals surface area contributed by atoms with E-state index >= 15 is 0 Å². The molecule has 1 atom stereocenters. The largest absolute Gasteiger partial charge is 0.497 e. The maximum absolute atomic E-state index is 5.55. The van der Waals surface area contributed by atoms with Crippen molar-refractivity contribution in [1.82, 2.24) is 0 Å². The van der Waals surface area contributed by atoms with E-state index in [-0.39, 0.29) is 5.60 Å². The lowest BCUT2D eigenvalue weighted by Crippen LogP contribution is -2.14. The fourth-order valence-electron chi connectivity index (χ4n) is 1.31. The minimum absolute atomic E-state index is 0.0214. The third-order valence-corrected chi connectivity index (χ3v) is 2.47. The molecule has 1 fully saturated rings. The van der Waals surface area contributed by atoms with Crippen LogP contribution in [0, 0.1) is 0 Å². The number of benzene rings is 1. The van der Waals surface area contributed by atoms with Crippen LogP contribution in [0.3, 0.4) is 0 Å². The molecule has 1 aliphatic heterocycles. The van der Waals surface area contributed by atoms with Gasteiger partial charge in [0.1, 0.15) is 11.4 Å². The van der Waals surface area contributed by atoms with E-state index in [2.05, 4.69) is 6.92 Å². The predicted octanol–water partition coefficient (Wildman–Crippen LogP) is 2.00. The molecule has 1 saturated heterocycles. The summed E-state index contributed by atoms with van der Waals surface area (Å²) in [7, 11) is 1.66. The lowest BCUT2D eigenvalue weighted by atomic mass is 10.2. The van der Waals surface area contributed by atoms with Crippen LogP contribution < -0.4 is 4.74 Å². The Hall–Kier alpha value is -1.06. The van der Waals surface area contributed by atoms with E-state index < -0.39 is 0 Å². The van der Waals surface area contributed by atoms with E-state index in [1.807, 2.05) is 24.3 Å². The lowest BCUT2D eigenvalue weighted by Gasteiger charge is -2.07. The number of methoxy groups -OCH3 is 1. The van der Waals surface area contributed by atoms with Crippen molar-refractivity contribution in [3.8, 4) is 5.75 Å². The van der Waals surface area contributed by atoms with E-state index in [4.69, 9.17) is 14.2 Å². The van der Waals surface area contributed by atoms with Gasteiger partial charge < -0.3 is 14.2 Å². The molecule has 3 heteroatoms. The number of ether oxygens (including phenoxy) is 3. The van der Waals surface area contributed by atoms with Crippen molar-refractivity contribution in [3.05, 3.63) is 29.8 Å². The Kier molecular flexibility index (Phi) is 2.93. The van der Waals surface area contributed by atoms with Gasteiger partial charge in [-0.05, 0) is 24.6 Å². The Balaban J connectivity index is 1.77. The van der Waals surface area contributed by atoms with Crippen molar-refractivity contribution in [1.29, 1.82) is 0 Å².